The van der Waals surface area contributed by atoms with Gasteiger partial charge >= 0.3 is 20.4 Å². The molecule has 0 saturated carbocycles. The molecular weight excluding hydrogens is 755 g/mol. The molecule has 0 unspecified atom stereocenters. The number of pyridine rings is 2. The normalized spacial score (nSPS) is 11.9. The Balaban J connectivity index is 0.00000384. The van der Waals surface area contributed by atoms with Crippen LogP contribution in [0, 0.1) is 12.1 Å². The van der Waals surface area contributed by atoms with Crippen LogP contribution in [-0.2, 0) is 20.4 Å². The van der Waals surface area contributed by atoms with Crippen molar-refractivity contribution in [2.24, 2.45) is 0 Å². The Morgan fingerprint density at radius 1 is 0.593 bits per heavy atom. The van der Waals surface area contributed by atoms with Crippen LogP contribution in [0.25, 0.3) is 77.1 Å². The number of rotatable bonds is 6. The Hall–Kier alpha value is -5.80. The second-order valence-corrected chi connectivity index (χ2v) is 14.4. The maximum atomic E-state index is 6.61. The van der Waals surface area contributed by atoms with Crippen LogP contribution in [0.15, 0.2) is 134 Å². The van der Waals surface area contributed by atoms with Gasteiger partial charge in [-0.1, -0.05) is 123 Å². The van der Waals surface area contributed by atoms with E-state index in [1.165, 1.54) is 22.3 Å². The molecule has 264 valence electrons. The van der Waals surface area contributed by atoms with E-state index in [1.807, 2.05) is 36.5 Å². The van der Waals surface area contributed by atoms with Gasteiger partial charge < -0.3 is 13.7 Å². The summed E-state index contributed by atoms with van der Waals surface area (Å²) < 4.78 is 11.1. The van der Waals surface area contributed by atoms with E-state index >= 15 is 0 Å². The van der Waals surface area contributed by atoms with Crippen molar-refractivity contribution in [2.75, 3.05) is 0 Å². The molecule has 0 aliphatic rings. The van der Waals surface area contributed by atoms with Crippen molar-refractivity contribution in [1.29, 1.82) is 0 Å². The van der Waals surface area contributed by atoms with Crippen LogP contribution in [0.3, 0.4) is 0 Å². The van der Waals surface area contributed by atoms with Gasteiger partial charge in [-0.25, -0.2) is 4.98 Å². The first kappa shape index (κ1) is 34.0. The number of benzene rings is 6. The molecule has 10 aromatic rings. The van der Waals surface area contributed by atoms with Crippen LogP contribution in [0.1, 0.15) is 50.7 Å². The molecule has 54 heavy (non-hydrogen) atoms. The summed E-state index contributed by atoms with van der Waals surface area (Å²) >= 11 is 0. The van der Waals surface area contributed by atoms with Gasteiger partial charge in [-0.15, -0.1) is 29.7 Å². The molecule has 5 nitrogen and oxygen atoms in total. The average molecular weight is 791 g/mol. The van der Waals surface area contributed by atoms with Crippen LogP contribution in [0.5, 0.6) is 11.5 Å². The summed E-state index contributed by atoms with van der Waals surface area (Å²) in [5, 5.41) is 5.38. The summed E-state index contributed by atoms with van der Waals surface area (Å²) in [5.74, 6) is 2.77. The van der Waals surface area contributed by atoms with Crippen molar-refractivity contribution in [3.63, 3.8) is 0 Å². The molecule has 0 spiro atoms. The Morgan fingerprint density at radius 2 is 1.26 bits per heavy atom. The van der Waals surface area contributed by atoms with Crippen LogP contribution < -0.4 is 4.74 Å². The van der Waals surface area contributed by atoms with Crippen LogP contribution in [-0.4, -0.2) is 18.9 Å². The monoisotopic (exact) mass is 790 g/mol. The predicted molar refractivity (Wildman–Crippen MR) is 218 cm³/mol. The maximum absolute atomic E-state index is 6.61. The Morgan fingerprint density at radius 3 is 2.02 bits per heavy atom. The number of hydrogen-bond donors (Lipinski definition) is 0. The molecule has 0 aliphatic heterocycles. The molecule has 6 aromatic carbocycles. The van der Waals surface area contributed by atoms with Gasteiger partial charge in [0.2, 0.25) is 0 Å². The molecule has 0 radical (unpaired) electrons. The number of aromatic nitrogens is 4. The predicted octanol–water partition coefficient (Wildman–Crippen LogP) is 12.6. The fourth-order valence-corrected chi connectivity index (χ4v) is 8.20. The minimum atomic E-state index is 0. The largest absolute Gasteiger partial charge is 2.00 e. The molecule has 0 saturated heterocycles. The molecule has 0 amide bonds. The number of imidazole rings is 1. The van der Waals surface area contributed by atoms with Crippen molar-refractivity contribution < 1.29 is 25.2 Å². The van der Waals surface area contributed by atoms with E-state index in [0.29, 0.717) is 23.3 Å². The molecule has 4 aromatic heterocycles. The molecule has 6 heteroatoms. The van der Waals surface area contributed by atoms with Crippen LogP contribution >= 0.6 is 0 Å². The van der Waals surface area contributed by atoms with E-state index in [9.17, 15) is 0 Å². The van der Waals surface area contributed by atoms with Gasteiger partial charge in [-0.2, -0.15) is 6.07 Å². The van der Waals surface area contributed by atoms with Crippen LogP contribution in [0.2, 0.25) is 0 Å². The zero-order valence-electron chi connectivity index (χ0n) is 30.4. The summed E-state index contributed by atoms with van der Waals surface area (Å²) in [6.07, 6.45) is 1.82. The minimum Gasteiger partial charge on any atom is -0.503 e. The Labute approximate surface area is 327 Å². The first-order valence-electron chi connectivity index (χ1n) is 18.3. The fourth-order valence-electron chi connectivity index (χ4n) is 8.20. The summed E-state index contributed by atoms with van der Waals surface area (Å²) in [5.41, 5.74) is 11.2. The second-order valence-electron chi connectivity index (χ2n) is 14.4. The van der Waals surface area contributed by atoms with Crippen molar-refractivity contribution in [3.05, 3.63) is 157 Å². The quantitative estimate of drug-likeness (QED) is 0.0957. The third-order valence-electron chi connectivity index (χ3n) is 10.6. The van der Waals surface area contributed by atoms with Gasteiger partial charge in [-0.3, -0.25) is 4.98 Å². The smallest absolute Gasteiger partial charge is 0.503 e. The van der Waals surface area contributed by atoms with E-state index in [4.69, 9.17) is 9.72 Å². The van der Waals surface area contributed by atoms with Crippen molar-refractivity contribution in [3.8, 4) is 28.4 Å². The number of ether oxygens (including phenoxy) is 1. The molecule has 0 atom stereocenters. The molecule has 0 fully saturated rings. The molecule has 4 heterocycles. The summed E-state index contributed by atoms with van der Waals surface area (Å²) in [4.78, 5) is 9.94. The van der Waals surface area contributed by atoms with Gasteiger partial charge in [0.05, 0.1) is 16.7 Å². The SMILES string of the molecule is CC(C)c1cccc(C(C)C)c1-c1cccc2c3ccc(Oc4[c-]c5c(cc4)c4ccccc4n5-c4ccccn4)[c-]c3c3nc4ccccc4n3c12.[Pd+2]. The summed E-state index contributed by atoms with van der Waals surface area (Å²) in [6, 6.07) is 51.8. The van der Waals surface area contributed by atoms with Gasteiger partial charge in [0.15, 0.2) is 0 Å². The maximum Gasteiger partial charge on any atom is 2.00 e. The van der Waals surface area contributed by atoms with E-state index in [1.54, 1.807) is 0 Å². The van der Waals surface area contributed by atoms with Gasteiger partial charge in [0.25, 0.3) is 0 Å². The zero-order chi connectivity index (χ0) is 35.8. The number of nitrogens with zero attached hydrogens (tertiary/aromatic N) is 4. The van der Waals surface area contributed by atoms with Crippen molar-refractivity contribution >= 4 is 60.2 Å². The standard InChI is InChI=1S/C48H36N4O.Pd/c1-29(2)33-14-11-15-34(30(3)4)46(33)39-17-12-16-38-35-24-22-31(27-40(35)48-50-41-18-6-8-20-43(41)52(48)47(38)39)53-32-23-25-37-36-13-5-7-19-42(36)51(44(37)28-32)45-21-9-10-26-49-45;/h5-26,29-30H,1-4H3;/q-2;+2. The molecule has 0 aliphatic carbocycles. The fraction of sp³-hybridized carbons (Fsp3) is 0.125. The Bertz CT molecular complexity index is 3020. The van der Waals surface area contributed by atoms with E-state index in [0.717, 1.165) is 66.0 Å². The van der Waals surface area contributed by atoms with E-state index in [-0.39, 0.29) is 20.4 Å². The third kappa shape index (κ3) is 5.24. The number of fused-ring (bicyclic) bond motifs is 11. The van der Waals surface area contributed by atoms with Gasteiger partial charge in [0, 0.05) is 34.3 Å². The second kappa shape index (κ2) is 13.3. The zero-order valence-corrected chi connectivity index (χ0v) is 31.9. The molecule has 0 bridgehead atoms. The van der Waals surface area contributed by atoms with Crippen molar-refractivity contribution in [2.45, 2.75) is 39.5 Å². The number of hydrogen-bond acceptors (Lipinski definition) is 3. The van der Waals surface area contributed by atoms with Crippen LogP contribution in [0.4, 0.5) is 0 Å². The molecule has 0 N–H and O–H groups in total. The summed E-state index contributed by atoms with van der Waals surface area (Å²) in [6.45, 7) is 9.15. The van der Waals surface area contributed by atoms with Crippen molar-refractivity contribution in [1.82, 2.24) is 18.9 Å². The average Bonchev–Trinajstić information content (AvgIpc) is 3.74. The van der Waals surface area contributed by atoms with E-state index < -0.39 is 0 Å². The van der Waals surface area contributed by atoms with E-state index in [2.05, 4.69) is 151 Å². The third-order valence-corrected chi connectivity index (χ3v) is 10.6. The van der Waals surface area contributed by atoms with Gasteiger partial charge in [-0.05, 0) is 69.6 Å². The minimum absolute atomic E-state index is 0. The first-order chi connectivity index (χ1) is 26.0. The first-order valence-corrected chi connectivity index (χ1v) is 18.3. The topological polar surface area (TPSA) is 44.3 Å². The summed E-state index contributed by atoms with van der Waals surface area (Å²) in [7, 11) is 0. The molecule has 10 rings (SSSR count). The number of para-hydroxylation sites is 4. The van der Waals surface area contributed by atoms with Gasteiger partial charge in [0.1, 0.15) is 5.82 Å². The molecular formula is C48H36N4OPd. The Kier molecular flexibility index (Phi) is 8.34.